The molecule has 1 aromatic heterocycles. The second-order valence-electron chi connectivity index (χ2n) is 4.54. The summed E-state index contributed by atoms with van der Waals surface area (Å²) in [5, 5.41) is 3.31. The van der Waals surface area contributed by atoms with Gasteiger partial charge in [-0.05, 0) is 19.9 Å². The van der Waals surface area contributed by atoms with E-state index in [-0.39, 0.29) is 23.6 Å². The fraction of sp³-hybridized carbons (Fsp3) is 0.500. The van der Waals surface area contributed by atoms with Crippen LogP contribution in [0, 0.1) is 0 Å². The van der Waals surface area contributed by atoms with E-state index in [1.165, 1.54) is 6.07 Å². The third-order valence-electron chi connectivity index (χ3n) is 3.02. The minimum Gasteiger partial charge on any atom is -0.332 e. The van der Waals surface area contributed by atoms with Gasteiger partial charge >= 0.3 is 0 Å². The lowest BCUT2D eigenvalue weighted by molar-refractivity contribution is 0.0610. The highest BCUT2D eigenvalue weighted by Crippen LogP contribution is 2.10. The maximum absolute atomic E-state index is 12.2. The molecule has 5 nitrogen and oxygen atoms in total. The van der Waals surface area contributed by atoms with Crippen LogP contribution in [-0.4, -0.2) is 41.0 Å². The van der Waals surface area contributed by atoms with Gasteiger partial charge in [0.15, 0.2) is 0 Å². The SMILES string of the molecule is CC1CN(C(=O)c2cccc(=O)[nH]2)C(C)CN1. The lowest BCUT2D eigenvalue weighted by Gasteiger charge is -2.37. The first-order chi connectivity index (χ1) is 8.08. The first-order valence-corrected chi connectivity index (χ1v) is 5.81. The summed E-state index contributed by atoms with van der Waals surface area (Å²) in [6, 6.07) is 5.07. The van der Waals surface area contributed by atoms with Crippen molar-refractivity contribution in [3.8, 4) is 0 Å². The minimum absolute atomic E-state index is 0.108. The van der Waals surface area contributed by atoms with Crippen LogP contribution in [0.1, 0.15) is 24.3 Å². The smallest absolute Gasteiger partial charge is 0.270 e. The molecule has 0 aliphatic carbocycles. The van der Waals surface area contributed by atoms with Crippen molar-refractivity contribution in [1.82, 2.24) is 15.2 Å². The Morgan fingerprint density at radius 1 is 1.41 bits per heavy atom. The molecule has 1 saturated heterocycles. The number of carbonyl (C=O) groups excluding carboxylic acids is 1. The van der Waals surface area contributed by atoms with E-state index in [1.807, 2.05) is 13.8 Å². The molecule has 2 heterocycles. The average molecular weight is 235 g/mol. The number of hydrogen-bond donors (Lipinski definition) is 2. The number of hydrogen-bond acceptors (Lipinski definition) is 3. The maximum Gasteiger partial charge on any atom is 0.270 e. The van der Waals surface area contributed by atoms with Gasteiger partial charge in [0.1, 0.15) is 5.69 Å². The van der Waals surface area contributed by atoms with Crippen molar-refractivity contribution in [2.24, 2.45) is 0 Å². The molecule has 1 fully saturated rings. The predicted octanol–water partition coefficient (Wildman–Crippen LogP) is 0.197. The molecule has 1 aliphatic heterocycles. The van der Waals surface area contributed by atoms with Gasteiger partial charge in [-0.25, -0.2) is 0 Å². The Morgan fingerprint density at radius 2 is 2.18 bits per heavy atom. The number of piperazine rings is 1. The maximum atomic E-state index is 12.2. The Hall–Kier alpha value is -1.62. The molecule has 0 aromatic carbocycles. The normalized spacial score (nSPS) is 24.7. The van der Waals surface area contributed by atoms with Gasteiger partial charge in [-0.1, -0.05) is 6.07 Å². The summed E-state index contributed by atoms with van der Waals surface area (Å²) in [5.41, 5.74) is 0.116. The van der Waals surface area contributed by atoms with Crippen LogP contribution >= 0.6 is 0 Å². The zero-order chi connectivity index (χ0) is 12.4. The molecule has 5 heteroatoms. The van der Waals surface area contributed by atoms with Gasteiger partial charge in [-0.3, -0.25) is 9.59 Å². The van der Waals surface area contributed by atoms with Gasteiger partial charge in [0, 0.05) is 31.2 Å². The Labute approximate surface area is 99.8 Å². The molecular weight excluding hydrogens is 218 g/mol. The Balaban J connectivity index is 2.21. The van der Waals surface area contributed by atoms with Crippen molar-refractivity contribution in [2.45, 2.75) is 25.9 Å². The highest BCUT2D eigenvalue weighted by Gasteiger charge is 2.27. The van der Waals surface area contributed by atoms with Gasteiger partial charge in [-0.15, -0.1) is 0 Å². The van der Waals surface area contributed by atoms with Crippen LogP contribution in [-0.2, 0) is 0 Å². The van der Waals surface area contributed by atoms with E-state index in [0.29, 0.717) is 12.2 Å². The monoisotopic (exact) mass is 235 g/mol. The molecule has 17 heavy (non-hydrogen) atoms. The Kier molecular flexibility index (Phi) is 3.28. The van der Waals surface area contributed by atoms with Crippen molar-refractivity contribution < 1.29 is 4.79 Å². The molecule has 0 spiro atoms. The van der Waals surface area contributed by atoms with Crippen molar-refractivity contribution in [3.05, 3.63) is 34.2 Å². The van der Waals surface area contributed by atoms with E-state index >= 15 is 0 Å². The van der Waals surface area contributed by atoms with Crippen LogP contribution in [0.2, 0.25) is 0 Å². The van der Waals surface area contributed by atoms with E-state index in [2.05, 4.69) is 10.3 Å². The summed E-state index contributed by atoms with van der Waals surface area (Å²) < 4.78 is 0. The highest BCUT2D eigenvalue weighted by atomic mass is 16.2. The third kappa shape index (κ3) is 2.55. The quantitative estimate of drug-likeness (QED) is 0.730. The molecule has 2 unspecified atom stereocenters. The summed E-state index contributed by atoms with van der Waals surface area (Å²) in [6.07, 6.45) is 0. The van der Waals surface area contributed by atoms with E-state index < -0.39 is 0 Å². The van der Waals surface area contributed by atoms with Gasteiger partial charge in [0.2, 0.25) is 5.56 Å². The number of amides is 1. The molecule has 1 amide bonds. The fourth-order valence-electron chi connectivity index (χ4n) is 2.03. The number of pyridine rings is 1. The van der Waals surface area contributed by atoms with Crippen molar-refractivity contribution in [2.75, 3.05) is 13.1 Å². The summed E-state index contributed by atoms with van der Waals surface area (Å²) in [7, 11) is 0. The first-order valence-electron chi connectivity index (χ1n) is 5.81. The number of nitrogens with one attached hydrogen (secondary N) is 2. The van der Waals surface area contributed by atoms with E-state index in [9.17, 15) is 9.59 Å². The standard InChI is InChI=1S/C12H17N3O2/c1-8-7-15(9(2)6-13-8)12(17)10-4-3-5-11(16)14-10/h3-5,8-9,13H,6-7H2,1-2H3,(H,14,16). The van der Waals surface area contributed by atoms with Crippen LogP contribution < -0.4 is 10.9 Å². The van der Waals surface area contributed by atoms with Crippen molar-refractivity contribution >= 4 is 5.91 Å². The molecule has 1 aliphatic rings. The van der Waals surface area contributed by atoms with E-state index in [0.717, 1.165) is 6.54 Å². The molecule has 2 rings (SSSR count). The number of carbonyl (C=O) groups is 1. The van der Waals surface area contributed by atoms with Crippen LogP contribution in [0.4, 0.5) is 0 Å². The molecule has 0 bridgehead atoms. The summed E-state index contributed by atoms with van der Waals surface area (Å²) in [6.45, 7) is 5.48. The lowest BCUT2D eigenvalue weighted by Crippen LogP contribution is -2.56. The first kappa shape index (κ1) is 11.9. The van der Waals surface area contributed by atoms with E-state index in [4.69, 9.17) is 0 Å². The summed E-state index contributed by atoms with van der Waals surface area (Å²) in [4.78, 5) is 27.8. The number of aromatic nitrogens is 1. The molecular formula is C12H17N3O2. The number of H-pyrrole nitrogens is 1. The number of aromatic amines is 1. The predicted molar refractivity (Wildman–Crippen MR) is 65.0 cm³/mol. The van der Waals surface area contributed by atoms with E-state index in [1.54, 1.807) is 17.0 Å². The zero-order valence-corrected chi connectivity index (χ0v) is 10.1. The lowest BCUT2D eigenvalue weighted by atomic mass is 10.1. The Morgan fingerprint density at radius 3 is 2.88 bits per heavy atom. The molecule has 2 N–H and O–H groups in total. The van der Waals surface area contributed by atoms with Crippen LogP contribution in [0.15, 0.2) is 23.0 Å². The number of nitrogens with zero attached hydrogens (tertiary/aromatic N) is 1. The third-order valence-corrected chi connectivity index (χ3v) is 3.02. The minimum atomic E-state index is -0.244. The highest BCUT2D eigenvalue weighted by molar-refractivity contribution is 5.92. The molecule has 92 valence electrons. The summed E-state index contributed by atoms with van der Waals surface area (Å²) >= 11 is 0. The van der Waals surface area contributed by atoms with Crippen molar-refractivity contribution in [3.63, 3.8) is 0 Å². The van der Waals surface area contributed by atoms with Gasteiger partial charge in [0.25, 0.3) is 5.91 Å². The second kappa shape index (κ2) is 4.71. The van der Waals surface area contributed by atoms with Crippen LogP contribution in [0.3, 0.4) is 0 Å². The molecule has 2 atom stereocenters. The van der Waals surface area contributed by atoms with Crippen LogP contribution in [0.25, 0.3) is 0 Å². The molecule has 0 saturated carbocycles. The second-order valence-corrected chi connectivity index (χ2v) is 4.54. The van der Waals surface area contributed by atoms with Gasteiger partial charge in [0.05, 0.1) is 0 Å². The van der Waals surface area contributed by atoms with Gasteiger partial charge in [-0.2, -0.15) is 0 Å². The molecule has 1 aromatic rings. The largest absolute Gasteiger partial charge is 0.332 e. The Bertz CT molecular complexity index is 469. The van der Waals surface area contributed by atoms with Crippen molar-refractivity contribution in [1.29, 1.82) is 0 Å². The average Bonchev–Trinajstić information content (AvgIpc) is 2.31. The number of rotatable bonds is 1. The zero-order valence-electron chi connectivity index (χ0n) is 10.1. The summed E-state index contributed by atoms with van der Waals surface area (Å²) in [5.74, 6) is -0.108. The van der Waals surface area contributed by atoms with Gasteiger partial charge < -0.3 is 15.2 Å². The van der Waals surface area contributed by atoms with Crippen LogP contribution in [0.5, 0.6) is 0 Å². The molecule has 0 radical (unpaired) electrons. The topological polar surface area (TPSA) is 65.2 Å². The fourth-order valence-corrected chi connectivity index (χ4v) is 2.03.